The molecule has 2 rings (SSSR count). The van der Waals surface area contributed by atoms with Gasteiger partial charge in [0.25, 0.3) is 0 Å². The maximum atomic E-state index is 11.1. The molecule has 0 aliphatic carbocycles. The van der Waals surface area contributed by atoms with E-state index in [9.17, 15) is 9.90 Å². The third-order valence-corrected chi connectivity index (χ3v) is 3.96. The summed E-state index contributed by atoms with van der Waals surface area (Å²) in [5, 5.41) is 19.3. The number of para-hydroxylation sites is 1. The quantitative estimate of drug-likeness (QED) is 0.863. The van der Waals surface area contributed by atoms with E-state index in [2.05, 4.69) is 4.90 Å². The van der Waals surface area contributed by atoms with Crippen molar-refractivity contribution < 1.29 is 19.7 Å². The molecule has 0 saturated carbocycles. The minimum atomic E-state index is -0.743. The third kappa shape index (κ3) is 2.88. The highest BCUT2D eigenvalue weighted by atomic mass is 16.5. The lowest BCUT2D eigenvalue weighted by molar-refractivity contribution is -0.142. The first-order chi connectivity index (χ1) is 9.54. The minimum Gasteiger partial charge on any atom is -0.504 e. The van der Waals surface area contributed by atoms with Gasteiger partial charge in [-0.25, -0.2) is 0 Å². The number of hydrogen-bond donors (Lipinski definition) is 2. The SMILES string of the molecule is CCOc1cccc(CN2CCC(C(=O)O)C2C)c1O. The minimum absolute atomic E-state index is 0.0253. The zero-order valence-electron chi connectivity index (χ0n) is 11.9. The smallest absolute Gasteiger partial charge is 0.308 e. The van der Waals surface area contributed by atoms with Gasteiger partial charge in [-0.3, -0.25) is 9.69 Å². The molecule has 2 unspecified atom stereocenters. The van der Waals surface area contributed by atoms with E-state index in [1.54, 1.807) is 6.07 Å². The molecule has 1 aliphatic heterocycles. The molecule has 1 aliphatic rings. The Bertz CT molecular complexity index is 489. The molecule has 1 aromatic rings. The van der Waals surface area contributed by atoms with E-state index in [4.69, 9.17) is 9.84 Å². The standard InChI is InChI=1S/C15H21NO4/c1-3-20-13-6-4-5-11(14(13)17)9-16-8-7-12(10(16)2)15(18)19/h4-6,10,12,17H,3,7-9H2,1-2H3,(H,18,19). The Morgan fingerprint density at radius 1 is 1.50 bits per heavy atom. The second-order valence-corrected chi connectivity index (χ2v) is 5.14. The van der Waals surface area contributed by atoms with Gasteiger partial charge in [0.2, 0.25) is 0 Å². The van der Waals surface area contributed by atoms with Crippen LogP contribution in [0, 0.1) is 5.92 Å². The maximum Gasteiger partial charge on any atom is 0.308 e. The van der Waals surface area contributed by atoms with E-state index in [0.29, 0.717) is 25.3 Å². The van der Waals surface area contributed by atoms with E-state index in [1.165, 1.54) is 0 Å². The van der Waals surface area contributed by atoms with E-state index in [-0.39, 0.29) is 17.7 Å². The normalized spacial score (nSPS) is 22.9. The van der Waals surface area contributed by atoms with Crippen LogP contribution in [-0.2, 0) is 11.3 Å². The molecule has 2 N–H and O–H groups in total. The van der Waals surface area contributed by atoms with E-state index >= 15 is 0 Å². The summed E-state index contributed by atoms with van der Waals surface area (Å²) in [6.45, 7) is 5.56. The van der Waals surface area contributed by atoms with Gasteiger partial charge >= 0.3 is 5.97 Å². The summed E-state index contributed by atoms with van der Waals surface area (Å²) >= 11 is 0. The number of carbonyl (C=O) groups is 1. The number of nitrogens with zero attached hydrogens (tertiary/aromatic N) is 1. The highest BCUT2D eigenvalue weighted by Crippen LogP contribution is 2.33. The van der Waals surface area contributed by atoms with E-state index in [1.807, 2.05) is 26.0 Å². The van der Waals surface area contributed by atoms with Crippen molar-refractivity contribution in [3.05, 3.63) is 23.8 Å². The van der Waals surface area contributed by atoms with Crippen LogP contribution in [0.3, 0.4) is 0 Å². The van der Waals surface area contributed by atoms with Gasteiger partial charge in [-0.15, -0.1) is 0 Å². The number of benzene rings is 1. The first kappa shape index (κ1) is 14.7. The van der Waals surface area contributed by atoms with Gasteiger partial charge in [0, 0.05) is 18.2 Å². The number of ether oxygens (including phenoxy) is 1. The Morgan fingerprint density at radius 2 is 2.25 bits per heavy atom. The van der Waals surface area contributed by atoms with Crippen LogP contribution < -0.4 is 4.74 Å². The molecule has 0 aromatic heterocycles. The third-order valence-electron chi connectivity index (χ3n) is 3.96. The summed E-state index contributed by atoms with van der Waals surface area (Å²) in [6.07, 6.45) is 0.655. The maximum absolute atomic E-state index is 11.1. The first-order valence-corrected chi connectivity index (χ1v) is 6.95. The molecule has 110 valence electrons. The van der Waals surface area contributed by atoms with E-state index in [0.717, 1.165) is 12.1 Å². The van der Waals surface area contributed by atoms with Gasteiger partial charge in [0.15, 0.2) is 11.5 Å². The lowest BCUT2D eigenvalue weighted by Crippen LogP contribution is -2.32. The van der Waals surface area contributed by atoms with Gasteiger partial charge in [0.05, 0.1) is 12.5 Å². The van der Waals surface area contributed by atoms with Crippen LogP contribution in [-0.4, -0.2) is 40.3 Å². The Hall–Kier alpha value is -1.75. The van der Waals surface area contributed by atoms with Gasteiger partial charge in [-0.05, 0) is 32.9 Å². The van der Waals surface area contributed by atoms with Crippen molar-refractivity contribution in [2.75, 3.05) is 13.2 Å². The molecule has 0 radical (unpaired) electrons. The van der Waals surface area contributed by atoms with E-state index < -0.39 is 5.97 Å². The molecule has 0 bridgehead atoms. The van der Waals surface area contributed by atoms with Crippen molar-refractivity contribution in [3.63, 3.8) is 0 Å². The molecule has 0 spiro atoms. The summed E-state index contributed by atoms with van der Waals surface area (Å²) in [4.78, 5) is 13.2. The number of phenolic OH excluding ortho intramolecular Hbond substituents is 1. The highest BCUT2D eigenvalue weighted by molar-refractivity contribution is 5.71. The lowest BCUT2D eigenvalue weighted by Gasteiger charge is -2.23. The summed E-state index contributed by atoms with van der Waals surface area (Å²) in [6, 6.07) is 5.40. The van der Waals surface area contributed by atoms with Crippen LogP contribution >= 0.6 is 0 Å². The number of hydrogen-bond acceptors (Lipinski definition) is 4. The topological polar surface area (TPSA) is 70.0 Å². The Labute approximate surface area is 118 Å². The fraction of sp³-hybridized carbons (Fsp3) is 0.533. The number of aliphatic carboxylic acids is 1. The molecule has 1 fully saturated rings. The highest BCUT2D eigenvalue weighted by Gasteiger charge is 2.35. The molecule has 2 atom stereocenters. The van der Waals surface area contributed by atoms with Gasteiger partial charge in [-0.2, -0.15) is 0 Å². The van der Waals surface area contributed by atoms with Crippen molar-refractivity contribution in [2.45, 2.75) is 32.9 Å². The first-order valence-electron chi connectivity index (χ1n) is 6.95. The number of rotatable bonds is 5. The van der Waals surface area contributed by atoms with Crippen LogP contribution in [0.15, 0.2) is 18.2 Å². The van der Waals surface area contributed by atoms with Crippen molar-refractivity contribution >= 4 is 5.97 Å². The average Bonchev–Trinajstić information content (AvgIpc) is 2.76. The molecule has 5 heteroatoms. The predicted octanol–water partition coefficient (Wildman–Crippen LogP) is 2.09. The molecular formula is C15H21NO4. The van der Waals surface area contributed by atoms with Crippen molar-refractivity contribution in [3.8, 4) is 11.5 Å². The predicted molar refractivity (Wildman–Crippen MR) is 74.9 cm³/mol. The number of likely N-dealkylation sites (tertiary alicyclic amines) is 1. The molecular weight excluding hydrogens is 258 g/mol. The summed E-state index contributed by atoms with van der Waals surface area (Å²) in [5.74, 6) is -0.438. The largest absolute Gasteiger partial charge is 0.504 e. The van der Waals surface area contributed by atoms with Crippen LogP contribution in [0.2, 0.25) is 0 Å². The fourth-order valence-corrected chi connectivity index (χ4v) is 2.74. The number of phenols is 1. The molecule has 1 saturated heterocycles. The molecule has 5 nitrogen and oxygen atoms in total. The average molecular weight is 279 g/mol. The molecule has 20 heavy (non-hydrogen) atoms. The van der Waals surface area contributed by atoms with Crippen molar-refractivity contribution in [2.24, 2.45) is 5.92 Å². The monoisotopic (exact) mass is 279 g/mol. The second kappa shape index (κ2) is 6.13. The summed E-state index contributed by atoms with van der Waals surface area (Å²) in [5.41, 5.74) is 0.772. The lowest BCUT2D eigenvalue weighted by atomic mass is 10.0. The number of carboxylic acids is 1. The molecule has 0 amide bonds. The Kier molecular flexibility index (Phi) is 4.49. The van der Waals surface area contributed by atoms with Crippen LogP contribution in [0.4, 0.5) is 0 Å². The Balaban J connectivity index is 2.11. The van der Waals surface area contributed by atoms with Crippen LogP contribution in [0.25, 0.3) is 0 Å². The zero-order valence-corrected chi connectivity index (χ0v) is 11.9. The van der Waals surface area contributed by atoms with Gasteiger partial charge in [0.1, 0.15) is 0 Å². The van der Waals surface area contributed by atoms with Crippen molar-refractivity contribution in [1.82, 2.24) is 4.90 Å². The molecule has 1 aromatic carbocycles. The second-order valence-electron chi connectivity index (χ2n) is 5.14. The Morgan fingerprint density at radius 3 is 2.85 bits per heavy atom. The zero-order chi connectivity index (χ0) is 14.7. The van der Waals surface area contributed by atoms with Crippen LogP contribution in [0.5, 0.6) is 11.5 Å². The van der Waals surface area contributed by atoms with Crippen LogP contribution in [0.1, 0.15) is 25.8 Å². The molecule has 1 heterocycles. The summed E-state index contributed by atoms with van der Waals surface area (Å²) < 4.78 is 5.37. The van der Waals surface area contributed by atoms with Gasteiger partial charge in [-0.1, -0.05) is 12.1 Å². The number of carboxylic acid groups (broad SMARTS) is 1. The number of aromatic hydroxyl groups is 1. The fourth-order valence-electron chi connectivity index (χ4n) is 2.74. The van der Waals surface area contributed by atoms with Gasteiger partial charge < -0.3 is 14.9 Å². The van der Waals surface area contributed by atoms with Crippen molar-refractivity contribution in [1.29, 1.82) is 0 Å². The summed E-state index contributed by atoms with van der Waals surface area (Å²) in [7, 11) is 0.